The molecule has 0 unspecified atom stereocenters. The zero-order valence-corrected chi connectivity index (χ0v) is 13.6. The number of hydrogen-bond acceptors (Lipinski definition) is 3. The number of carbonyl (C=O) groups excluding carboxylic acids is 2. The number of rotatable bonds is 5. The smallest absolute Gasteiger partial charge is 0.387 e. The molecule has 0 saturated carbocycles. The van der Waals surface area contributed by atoms with Crippen molar-refractivity contribution in [2.75, 3.05) is 0 Å². The van der Waals surface area contributed by atoms with Crippen LogP contribution in [0.4, 0.5) is 13.6 Å². The minimum atomic E-state index is -2.92. The zero-order chi connectivity index (χ0) is 18.7. The van der Waals surface area contributed by atoms with Gasteiger partial charge in [0.1, 0.15) is 5.75 Å². The molecule has 5 nitrogen and oxygen atoms in total. The van der Waals surface area contributed by atoms with Crippen LogP contribution in [-0.2, 0) is 0 Å². The number of ether oxygens (including phenoxy) is 1. The van der Waals surface area contributed by atoms with Gasteiger partial charge < -0.3 is 15.4 Å². The van der Waals surface area contributed by atoms with E-state index in [4.69, 9.17) is 0 Å². The Morgan fingerprint density at radius 3 is 2.35 bits per heavy atom. The fraction of sp³-hybridized carbons (Fsp3) is 0.158. The van der Waals surface area contributed by atoms with Crippen LogP contribution >= 0.6 is 0 Å². The average molecular weight is 358 g/mol. The lowest BCUT2D eigenvalue weighted by molar-refractivity contribution is -0.0498. The molecule has 1 aliphatic rings. The molecule has 2 amide bonds. The lowest BCUT2D eigenvalue weighted by Gasteiger charge is -2.34. The maximum Gasteiger partial charge on any atom is 0.387 e. The first-order valence-electron chi connectivity index (χ1n) is 7.86. The zero-order valence-electron chi connectivity index (χ0n) is 13.6. The Kier molecular flexibility index (Phi) is 4.97. The summed E-state index contributed by atoms with van der Waals surface area (Å²) in [6.07, 6.45) is 0. The number of amides is 2. The highest BCUT2D eigenvalue weighted by atomic mass is 19.3. The van der Waals surface area contributed by atoms with Crippen LogP contribution in [0.15, 0.2) is 66.9 Å². The van der Waals surface area contributed by atoms with E-state index in [1.165, 1.54) is 24.3 Å². The maximum atomic E-state index is 12.9. The normalized spacial score (nSPS) is 19.7. The van der Waals surface area contributed by atoms with E-state index in [0.717, 1.165) is 0 Å². The van der Waals surface area contributed by atoms with Crippen molar-refractivity contribution in [2.45, 2.75) is 12.7 Å². The first kappa shape index (κ1) is 17.6. The second-order valence-electron chi connectivity index (χ2n) is 5.76. The van der Waals surface area contributed by atoms with Crippen LogP contribution in [0, 0.1) is 5.92 Å². The Bertz CT molecular complexity index is 822. The Balaban J connectivity index is 1.92. The van der Waals surface area contributed by atoms with Crippen LogP contribution in [0.3, 0.4) is 0 Å². The van der Waals surface area contributed by atoms with E-state index >= 15 is 0 Å². The van der Waals surface area contributed by atoms with Gasteiger partial charge in [0.2, 0.25) is 0 Å². The van der Waals surface area contributed by atoms with E-state index in [9.17, 15) is 18.4 Å². The summed E-state index contributed by atoms with van der Waals surface area (Å²) in [5.74, 6) is -0.952. The summed E-state index contributed by atoms with van der Waals surface area (Å²) in [6, 6.07) is 13.3. The van der Waals surface area contributed by atoms with Gasteiger partial charge in [-0.3, -0.25) is 4.79 Å². The molecule has 0 radical (unpaired) electrons. The van der Waals surface area contributed by atoms with Crippen LogP contribution < -0.4 is 15.4 Å². The van der Waals surface area contributed by atoms with Gasteiger partial charge >= 0.3 is 12.6 Å². The Hall–Kier alpha value is -3.22. The van der Waals surface area contributed by atoms with Gasteiger partial charge in [0.05, 0.1) is 12.0 Å². The maximum absolute atomic E-state index is 12.9. The predicted molar refractivity (Wildman–Crippen MR) is 90.9 cm³/mol. The summed E-state index contributed by atoms with van der Waals surface area (Å²) in [6.45, 7) is 0.884. The molecule has 0 aliphatic carbocycles. The number of Topliss-reactive ketones (excluding diaryl/α,β-unsaturated/α-hetero) is 1. The second-order valence-corrected chi connectivity index (χ2v) is 5.76. The van der Waals surface area contributed by atoms with Gasteiger partial charge in [0.15, 0.2) is 5.78 Å². The molecule has 3 rings (SSSR count). The van der Waals surface area contributed by atoms with E-state index in [1.807, 2.05) is 0 Å². The Labute approximate surface area is 148 Å². The number of benzene rings is 2. The lowest BCUT2D eigenvalue weighted by Crippen LogP contribution is -2.50. The third kappa shape index (κ3) is 3.72. The van der Waals surface area contributed by atoms with Gasteiger partial charge in [-0.05, 0) is 17.7 Å². The molecule has 134 valence electrons. The number of halogens is 2. The molecule has 0 spiro atoms. The van der Waals surface area contributed by atoms with Gasteiger partial charge in [0.25, 0.3) is 0 Å². The predicted octanol–water partition coefficient (Wildman–Crippen LogP) is 3.65. The largest absolute Gasteiger partial charge is 0.435 e. The molecule has 2 N–H and O–H groups in total. The molecule has 2 aromatic rings. The fourth-order valence-corrected chi connectivity index (χ4v) is 2.91. The van der Waals surface area contributed by atoms with Crippen molar-refractivity contribution in [1.82, 2.24) is 10.6 Å². The molecule has 1 aliphatic heterocycles. The van der Waals surface area contributed by atoms with Crippen LogP contribution in [-0.4, -0.2) is 18.4 Å². The van der Waals surface area contributed by atoms with Crippen molar-refractivity contribution < 1.29 is 23.1 Å². The molecule has 2 aromatic carbocycles. The van der Waals surface area contributed by atoms with E-state index in [1.54, 1.807) is 30.3 Å². The summed E-state index contributed by atoms with van der Waals surface area (Å²) in [7, 11) is 0. The highest BCUT2D eigenvalue weighted by Crippen LogP contribution is 2.33. The Morgan fingerprint density at radius 1 is 1.08 bits per heavy atom. The topological polar surface area (TPSA) is 67.4 Å². The molecule has 26 heavy (non-hydrogen) atoms. The van der Waals surface area contributed by atoms with Crippen molar-refractivity contribution in [3.05, 3.63) is 78.0 Å². The van der Waals surface area contributed by atoms with Gasteiger partial charge in [-0.25, -0.2) is 4.79 Å². The lowest BCUT2D eigenvalue weighted by atomic mass is 9.83. The summed E-state index contributed by atoms with van der Waals surface area (Å²) < 4.78 is 28.9. The SMILES string of the molecule is C=C1NC(=O)N[C@H](c2ccc(OC(F)F)cc2)[C@@H]1C(=O)c1ccccc1. The third-order valence-corrected chi connectivity index (χ3v) is 4.07. The summed E-state index contributed by atoms with van der Waals surface area (Å²) in [5, 5.41) is 5.23. The molecule has 1 heterocycles. The van der Waals surface area contributed by atoms with Crippen molar-refractivity contribution >= 4 is 11.8 Å². The van der Waals surface area contributed by atoms with E-state index in [0.29, 0.717) is 11.1 Å². The minimum absolute atomic E-state index is 0.00577. The molecule has 0 bridgehead atoms. The molecular formula is C19H16F2N2O3. The number of carbonyl (C=O) groups is 2. The standard InChI is InChI=1S/C19H16F2N2O3/c1-11-15(17(24)13-5-3-2-4-6-13)16(23-19(25)22-11)12-7-9-14(10-8-12)26-18(20)21/h2-10,15-16,18H,1H2,(H2,22,23,25)/t15-,16-/m1/s1. The number of ketones is 1. The molecule has 0 aromatic heterocycles. The monoisotopic (exact) mass is 358 g/mol. The number of nitrogens with one attached hydrogen (secondary N) is 2. The van der Waals surface area contributed by atoms with Crippen molar-refractivity contribution in [1.29, 1.82) is 0 Å². The van der Waals surface area contributed by atoms with Crippen LogP contribution in [0.5, 0.6) is 5.75 Å². The third-order valence-electron chi connectivity index (χ3n) is 4.07. The molecular weight excluding hydrogens is 342 g/mol. The van der Waals surface area contributed by atoms with E-state index in [2.05, 4.69) is 21.9 Å². The summed E-state index contributed by atoms with van der Waals surface area (Å²) >= 11 is 0. The van der Waals surface area contributed by atoms with Gasteiger partial charge in [-0.15, -0.1) is 0 Å². The molecule has 2 atom stereocenters. The first-order chi connectivity index (χ1) is 12.5. The number of hydrogen-bond donors (Lipinski definition) is 2. The highest BCUT2D eigenvalue weighted by Gasteiger charge is 2.38. The van der Waals surface area contributed by atoms with E-state index in [-0.39, 0.29) is 17.2 Å². The van der Waals surface area contributed by atoms with Gasteiger partial charge in [-0.2, -0.15) is 8.78 Å². The second kappa shape index (κ2) is 7.35. The molecule has 1 saturated heterocycles. The minimum Gasteiger partial charge on any atom is -0.435 e. The molecule has 7 heteroatoms. The average Bonchev–Trinajstić information content (AvgIpc) is 2.61. The van der Waals surface area contributed by atoms with Crippen LogP contribution in [0.1, 0.15) is 22.0 Å². The van der Waals surface area contributed by atoms with Gasteiger partial charge in [-0.1, -0.05) is 49.0 Å². The highest BCUT2D eigenvalue weighted by molar-refractivity contribution is 6.01. The van der Waals surface area contributed by atoms with Gasteiger partial charge in [0, 0.05) is 11.3 Å². The summed E-state index contributed by atoms with van der Waals surface area (Å²) in [5.41, 5.74) is 1.34. The van der Waals surface area contributed by atoms with Crippen LogP contribution in [0.2, 0.25) is 0 Å². The Morgan fingerprint density at radius 2 is 1.73 bits per heavy atom. The van der Waals surface area contributed by atoms with Crippen LogP contribution in [0.25, 0.3) is 0 Å². The molecule has 1 fully saturated rings. The number of alkyl halides is 2. The fourth-order valence-electron chi connectivity index (χ4n) is 2.91. The quantitative estimate of drug-likeness (QED) is 0.802. The number of urea groups is 1. The summed E-state index contributed by atoms with van der Waals surface area (Å²) in [4.78, 5) is 24.8. The van der Waals surface area contributed by atoms with Crippen molar-refractivity contribution in [3.8, 4) is 5.75 Å². The van der Waals surface area contributed by atoms with Crippen molar-refractivity contribution in [2.24, 2.45) is 5.92 Å². The first-order valence-corrected chi connectivity index (χ1v) is 7.86. The van der Waals surface area contributed by atoms with E-state index < -0.39 is 24.6 Å². The van der Waals surface area contributed by atoms with Crippen molar-refractivity contribution in [3.63, 3.8) is 0 Å².